The van der Waals surface area contributed by atoms with Gasteiger partial charge in [-0.2, -0.15) is 0 Å². The zero-order valence-electron chi connectivity index (χ0n) is 50.2. The Balaban J connectivity index is 1.82. The van der Waals surface area contributed by atoms with Gasteiger partial charge < -0.3 is 29.0 Å². The minimum atomic E-state index is -1.74. The van der Waals surface area contributed by atoms with E-state index in [0.717, 1.165) is 55.1 Å². The van der Waals surface area contributed by atoms with Crippen molar-refractivity contribution in [2.24, 2.45) is 11.8 Å². The average molecular weight is 1050 g/mol. The van der Waals surface area contributed by atoms with Gasteiger partial charge in [0.15, 0.2) is 16.6 Å². The van der Waals surface area contributed by atoms with Crippen LogP contribution < -0.4 is 20.1 Å². The molecule has 73 heavy (non-hydrogen) atoms. The SMILES string of the molecule is CC(C)C[C@H](C)C(=O)NCC(=O)NC(C)(c1ccc(OCCCCCCCCCCCO[Si](C(C)C)(C(C)C)C(C)C)cc1)c1ccc(OCCCCCCCCCCCO[Si](C(C)C)(C(C)C)C(C)C)cc1. The molecule has 0 saturated heterocycles. The molecule has 2 N–H and O–H groups in total. The second kappa shape index (κ2) is 35.6. The molecular weight excluding hydrogens is 937 g/mol. The Labute approximate surface area is 452 Å². The maximum Gasteiger partial charge on any atom is 0.240 e. The summed E-state index contributed by atoms with van der Waals surface area (Å²) in [5, 5.41) is 6.15. The van der Waals surface area contributed by atoms with Crippen molar-refractivity contribution < 1.29 is 27.9 Å². The predicted octanol–water partition coefficient (Wildman–Crippen LogP) is 18.0. The second-order valence-corrected chi connectivity index (χ2v) is 35.3. The van der Waals surface area contributed by atoms with E-state index < -0.39 is 22.2 Å². The first-order valence-electron chi connectivity index (χ1n) is 30.0. The van der Waals surface area contributed by atoms with E-state index in [4.69, 9.17) is 18.3 Å². The zero-order valence-corrected chi connectivity index (χ0v) is 52.2. The molecule has 2 rings (SSSR count). The number of unbranched alkanes of at least 4 members (excludes halogenated alkanes) is 16. The molecule has 0 bridgehead atoms. The van der Waals surface area contributed by atoms with E-state index in [9.17, 15) is 9.59 Å². The largest absolute Gasteiger partial charge is 0.494 e. The van der Waals surface area contributed by atoms with Crippen LogP contribution >= 0.6 is 0 Å². The molecule has 0 aromatic heterocycles. The summed E-state index contributed by atoms with van der Waals surface area (Å²) in [5.74, 6) is 1.55. The van der Waals surface area contributed by atoms with Crippen LogP contribution in [0.1, 0.15) is 244 Å². The zero-order chi connectivity index (χ0) is 54.5. The second-order valence-electron chi connectivity index (χ2n) is 24.4. The first kappa shape index (κ1) is 66.4. The molecule has 0 heterocycles. The number of carbonyl (C=O) groups is 2. The standard InChI is InChI=1S/C63H114N2O6Si2/c1-49(2)47-56(15)62(67)64-48-61(66)65-63(16,57-35-39-59(40-36-57)68-43-31-27-23-19-17-21-25-29-33-45-70-72(50(3)4,51(5)6)52(7)8)58-37-41-60(42-38-58)69-44-32-28-24-20-18-22-26-30-34-46-71-73(53(9)10,54(11)12)55(13)14/h35-42,49-56H,17-34,43-48H2,1-16H3,(H,64,67)(H,65,66)/t56-/m0/s1. The molecule has 0 fully saturated rings. The molecule has 420 valence electrons. The number of hydrogen-bond donors (Lipinski definition) is 2. The summed E-state index contributed by atoms with van der Waals surface area (Å²) in [6, 6.07) is 16.2. The van der Waals surface area contributed by atoms with Gasteiger partial charge in [0.2, 0.25) is 11.8 Å². The van der Waals surface area contributed by atoms with Crippen molar-refractivity contribution in [3.05, 3.63) is 59.7 Å². The Bertz CT molecular complexity index is 1600. The normalized spacial score (nSPS) is 13.1. The fourth-order valence-corrected chi connectivity index (χ4v) is 23.3. The van der Waals surface area contributed by atoms with E-state index in [1.807, 2.05) is 62.4 Å². The van der Waals surface area contributed by atoms with E-state index in [1.54, 1.807) is 0 Å². The van der Waals surface area contributed by atoms with Gasteiger partial charge in [0.1, 0.15) is 11.5 Å². The van der Waals surface area contributed by atoms with Gasteiger partial charge in [0.25, 0.3) is 0 Å². The van der Waals surface area contributed by atoms with Gasteiger partial charge >= 0.3 is 0 Å². The molecule has 0 unspecified atom stereocenters. The Morgan fingerprint density at radius 1 is 0.438 bits per heavy atom. The van der Waals surface area contributed by atoms with Crippen molar-refractivity contribution in [1.29, 1.82) is 0 Å². The molecule has 0 radical (unpaired) electrons. The predicted molar refractivity (Wildman–Crippen MR) is 317 cm³/mol. The third kappa shape index (κ3) is 22.8. The smallest absolute Gasteiger partial charge is 0.240 e. The van der Waals surface area contributed by atoms with Crippen LogP contribution in [0.25, 0.3) is 0 Å². The lowest BCUT2D eigenvalue weighted by Gasteiger charge is -2.42. The molecule has 0 aliphatic heterocycles. The third-order valence-electron chi connectivity index (χ3n) is 16.2. The summed E-state index contributed by atoms with van der Waals surface area (Å²) in [7, 11) is -3.49. The van der Waals surface area contributed by atoms with Gasteiger partial charge in [-0.15, -0.1) is 0 Å². The first-order valence-corrected chi connectivity index (χ1v) is 34.3. The van der Waals surface area contributed by atoms with Crippen LogP contribution in [0.3, 0.4) is 0 Å². The Morgan fingerprint density at radius 3 is 1.01 bits per heavy atom. The van der Waals surface area contributed by atoms with Crippen LogP contribution in [-0.2, 0) is 24.0 Å². The van der Waals surface area contributed by atoms with Crippen LogP contribution in [0.4, 0.5) is 0 Å². The van der Waals surface area contributed by atoms with E-state index >= 15 is 0 Å². The summed E-state index contributed by atoms with van der Waals surface area (Å²) in [5.41, 5.74) is 4.92. The Hall–Kier alpha value is -2.67. The third-order valence-corrected chi connectivity index (χ3v) is 28.4. The van der Waals surface area contributed by atoms with Crippen molar-refractivity contribution in [2.75, 3.05) is 33.0 Å². The van der Waals surface area contributed by atoms with Gasteiger partial charge in [0, 0.05) is 19.1 Å². The number of nitrogens with one attached hydrogen (secondary N) is 2. The maximum absolute atomic E-state index is 13.6. The fourth-order valence-electron chi connectivity index (χ4n) is 12.3. The maximum atomic E-state index is 13.6. The molecule has 8 nitrogen and oxygen atoms in total. The Kier molecular flexibility index (Phi) is 32.4. The van der Waals surface area contributed by atoms with E-state index in [0.29, 0.717) is 52.4 Å². The highest BCUT2D eigenvalue weighted by Gasteiger charge is 2.46. The number of rotatable bonds is 42. The van der Waals surface area contributed by atoms with Crippen molar-refractivity contribution in [1.82, 2.24) is 10.6 Å². The monoisotopic (exact) mass is 1050 g/mol. The van der Waals surface area contributed by atoms with E-state index in [-0.39, 0.29) is 24.3 Å². The van der Waals surface area contributed by atoms with Crippen molar-refractivity contribution in [3.8, 4) is 11.5 Å². The number of hydrogen-bond acceptors (Lipinski definition) is 6. The van der Waals surface area contributed by atoms with E-state index in [1.165, 1.54) is 103 Å². The highest BCUT2D eigenvalue weighted by atomic mass is 28.4. The molecule has 0 aliphatic carbocycles. The molecule has 0 spiro atoms. The van der Waals surface area contributed by atoms with Gasteiger partial charge in [-0.25, -0.2) is 0 Å². The van der Waals surface area contributed by atoms with Crippen molar-refractivity contribution >= 4 is 28.4 Å². The number of benzene rings is 2. The topological polar surface area (TPSA) is 95.1 Å². The van der Waals surface area contributed by atoms with Gasteiger partial charge in [-0.3, -0.25) is 9.59 Å². The van der Waals surface area contributed by atoms with Crippen LogP contribution in [-0.4, -0.2) is 61.4 Å². The molecule has 10 heteroatoms. The summed E-state index contributed by atoms with van der Waals surface area (Å²) in [6.07, 6.45) is 23.0. The van der Waals surface area contributed by atoms with Crippen LogP contribution in [0.2, 0.25) is 33.2 Å². The van der Waals surface area contributed by atoms with Gasteiger partial charge in [-0.1, -0.05) is 218 Å². The lowest BCUT2D eigenvalue weighted by molar-refractivity contribution is -0.129. The highest BCUT2D eigenvalue weighted by Crippen LogP contribution is 2.43. The lowest BCUT2D eigenvalue weighted by Crippen LogP contribution is -2.48. The van der Waals surface area contributed by atoms with Gasteiger partial charge in [0.05, 0.1) is 25.3 Å². The molecule has 0 saturated carbocycles. The first-order chi connectivity index (χ1) is 34.6. The van der Waals surface area contributed by atoms with E-state index in [2.05, 4.69) is 108 Å². The summed E-state index contributed by atoms with van der Waals surface area (Å²) >= 11 is 0. The van der Waals surface area contributed by atoms with Crippen molar-refractivity contribution in [3.63, 3.8) is 0 Å². The molecule has 2 aromatic rings. The number of amides is 2. The number of carbonyl (C=O) groups excluding carboxylic acids is 2. The van der Waals surface area contributed by atoms with Crippen LogP contribution in [0, 0.1) is 11.8 Å². The molecule has 2 amide bonds. The molecule has 2 aromatic carbocycles. The van der Waals surface area contributed by atoms with Gasteiger partial charge in [-0.05, 0) is 114 Å². The minimum Gasteiger partial charge on any atom is -0.494 e. The highest BCUT2D eigenvalue weighted by molar-refractivity contribution is 6.78. The molecular formula is C63H114N2O6Si2. The fraction of sp³-hybridized carbons (Fsp3) is 0.778. The van der Waals surface area contributed by atoms with Crippen LogP contribution in [0.5, 0.6) is 11.5 Å². The van der Waals surface area contributed by atoms with Crippen molar-refractivity contribution in [2.45, 2.75) is 272 Å². The number of ether oxygens (including phenoxy) is 2. The van der Waals surface area contributed by atoms with Crippen LogP contribution in [0.15, 0.2) is 48.5 Å². The quantitative estimate of drug-likeness (QED) is 0.0508. The Morgan fingerprint density at radius 2 is 0.726 bits per heavy atom. The molecule has 1 atom stereocenters. The lowest BCUT2D eigenvalue weighted by atomic mass is 9.84. The summed E-state index contributed by atoms with van der Waals surface area (Å²) < 4.78 is 25.9. The summed E-state index contributed by atoms with van der Waals surface area (Å²) in [4.78, 5) is 26.4. The minimum absolute atomic E-state index is 0.0845. The summed E-state index contributed by atoms with van der Waals surface area (Å²) in [6.45, 7) is 39.7. The average Bonchev–Trinajstić information content (AvgIpc) is 3.32. The molecule has 0 aliphatic rings.